The summed E-state index contributed by atoms with van der Waals surface area (Å²) in [6, 6.07) is 3.24. The van der Waals surface area contributed by atoms with Crippen molar-refractivity contribution >= 4 is 23.4 Å². The quantitative estimate of drug-likeness (QED) is 0.936. The number of aryl methyl sites for hydroxylation is 1. The Hall–Kier alpha value is -2.15. The van der Waals surface area contributed by atoms with Gasteiger partial charge >= 0.3 is 6.03 Å². The van der Waals surface area contributed by atoms with Gasteiger partial charge in [-0.25, -0.2) is 9.78 Å². The lowest BCUT2D eigenvalue weighted by Crippen LogP contribution is -2.42. The Morgan fingerprint density at radius 2 is 2.35 bits per heavy atom. The summed E-state index contributed by atoms with van der Waals surface area (Å²) in [5, 5.41) is 11.6. The molecule has 1 fully saturated rings. The number of rotatable bonds is 3. The maximum absolute atomic E-state index is 12.4. The molecule has 0 bridgehead atoms. The first-order chi connectivity index (χ1) is 11.2. The van der Waals surface area contributed by atoms with E-state index in [1.807, 2.05) is 4.57 Å². The fraction of sp³-hybridized carbons (Fsp3) is 0.467. The van der Waals surface area contributed by atoms with Crippen molar-refractivity contribution in [2.45, 2.75) is 32.2 Å². The van der Waals surface area contributed by atoms with Gasteiger partial charge in [0.2, 0.25) is 0 Å². The molecule has 2 amide bonds. The zero-order chi connectivity index (χ0) is 16.2. The summed E-state index contributed by atoms with van der Waals surface area (Å²) in [7, 11) is 0. The minimum absolute atomic E-state index is 0.146. The Labute approximate surface area is 139 Å². The average Bonchev–Trinajstić information content (AvgIpc) is 3.06. The average molecular weight is 335 g/mol. The molecule has 1 N–H and O–H groups in total. The van der Waals surface area contributed by atoms with E-state index in [0.29, 0.717) is 17.4 Å². The molecular weight excluding hydrogens is 316 g/mol. The van der Waals surface area contributed by atoms with Crippen molar-refractivity contribution in [3.8, 4) is 0 Å². The number of anilines is 1. The molecule has 0 aromatic carbocycles. The predicted molar refractivity (Wildman–Crippen MR) is 87.5 cm³/mol. The Morgan fingerprint density at radius 3 is 3.09 bits per heavy atom. The second-order valence-electron chi connectivity index (χ2n) is 5.55. The summed E-state index contributed by atoms with van der Waals surface area (Å²) in [5.41, 5.74) is 0. The first-order valence-electron chi connectivity index (χ1n) is 7.72. The van der Waals surface area contributed by atoms with E-state index in [4.69, 9.17) is 11.6 Å². The first kappa shape index (κ1) is 15.7. The van der Waals surface area contributed by atoms with E-state index >= 15 is 0 Å². The minimum atomic E-state index is -0.146. The Balaban J connectivity index is 1.66. The summed E-state index contributed by atoms with van der Waals surface area (Å²) in [4.78, 5) is 18.3. The summed E-state index contributed by atoms with van der Waals surface area (Å²) in [6.45, 7) is 4.26. The van der Waals surface area contributed by atoms with Crippen LogP contribution in [0.2, 0.25) is 5.02 Å². The van der Waals surface area contributed by atoms with Gasteiger partial charge < -0.3 is 9.47 Å². The van der Waals surface area contributed by atoms with E-state index in [-0.39, 0.29) is 11.9 Å². The van der Waals surface area contributed by atoms with Crippen molar-refractivity contribution in [2.24, 2.45) is 0 Å². The van der Waals surface area contributed by atoms with Gasteiger partial charge in [-0.2, -0.15) is 0 Å². The van der Waals surface area contributed by atoms with Gasteiger partial charge in [0.15, 0.2) is 0 Å². The highest BCUT2D eigenvalue weighted by Crippen LogP contribution is 2.25. The van der Waals surface area contributed by atoms with Crippen LogP contribution in [-0.2, 0) is 6.54 Å². The van der Waals surface area contributed by atoms with E-state index in [2.05, 4.69) is 27.4 Å². The third-order valence-corrected chi connectivity index (χ3v) is 4.25. The number of likely N-dealkylation sites (tertiary alicyclic amines) is 1. The molecule has 3 heterocycles. The van der Waals surface area contributed by atoms with E-state index in [1.165, 1.54) is 6.20 Å². The zero-order valence-electron chi connectivity index (χ0n) is 12.9. The lowest BCUT2D eigenvalue weighted by molar-refractivity contribution is 0.190. The van der Waals surface area contributed by atoms with Crippen LogP contribution in [0.5, 0.6) is 0 Å². The molecule has 1 aliphatic heterocycles. The van der Waals surface area contributed by atoms with Gasteiger partial charge in [0.25, 0.3) is 0 Å². The van der Waals surface area contributed by atoms with Crippen molar-refractivity contribution in [1.29, 1.82) is 0 Å². The van der Waals surface area contributed by atoms with E-state index < -0.39 is 0 Å². The molecule has 0 radical (unpaired) electrons. The van der Waals surface area contributed by atoms with Crippen LogP contribution in [0, 0.1) is 0 Å². The maximum atomic E-state index is 12.4. The number of pyridine rings is 1. The standard InChI is InChI=1S/C15H19ClN6O/c1-2-21-10-18-20-14(21)11-4-3-7-22(9-11)15(23)19-13-6-5-12(16)8-17-13/h5-6,8,10-11H,2-4,7,9H2,1H3,(H,17,19,23). The molecular formula is C15H19ClN6O. The lowest BCUT2D eigenvalue weighted by Gasteiger charge is -2.32. The highest BCUT2D eigenvalue weighted by molar-refractivity contribution is 6.30. The van der Waals surface area contributed by atoms with E-state index in [0.717, 1.165) is 31.8 Å². The van der Waals surface area contributed by atoms with Crippen LogP contribution in [0.25, 0.3) is 0 Å². The molecule has 8 heteroatoms. The number of hydrogen-bond donors (Lipinski definition) is 1. The Kier molecular flexibility index (Phi) is 4.76. The number of carbonyl (C=O) groups excluding carboxylic acids is 1. The summed E-state index contributed by atoms with van der Waals surface area (Å²) in [5.74, 6) is 1.67. The van der Waals surface area contributed by atoms with Crippen LogP contribution < -0.4 is 5.32 Å². The molecule has 23 heavy (non-hydrogen) atoms. The van der Waals surface area contributed by atoms with Crippen LogP contribution in [0.1, 0.15) is 31.5 Å². The van der Waals surface area contributed by atoms with Crippen molar-refractivity contribution < 1.29 is 4.79 Å². The molecule has 3 rings (SSSR count). The highest BCUT2D eigenvalue weighted by Gasteiger charge is 2.27. The molecule has 1 saturated heterocycles. The number of aromatic nitrogens is 4. The minimum Gasteiger partial charge on any atom is -0.324 e. The molecule has 0 saturated carbocycles. The molecule has 0 spiro atoms. The molecule has 1 atom stereocenters. The molecule has 122 valence electrons. The third-order valence-electron chi connectivity index (χ3n) is 4.02. The van der Waals surface area contributed by atoms with Crippen LogP contribution in [0.4, 0.5) is 10.6 Å². The van der Waals surface area contributed by atoms with Crippen LogP contribution >= 0.6 is 11.6 Å². The fourth-order valence-corrected chi connectivity index (χ4v) is 2.95. The maximum Gasteiger partial charge on any atom is 0.323 e. The molecule has 1 unspecified atom stereocenters. The van der Waals surface area contributed by atoms with Gasteiger partial charge in [-0.05, 0) is 31.9 Å². The first-order valence-corrected chi connectivity index (χ1v) is 8.10. The van der Waals surface area contributed by atoms with Gasteiger partial charge in [0, 0.05) is 31.7 Å². The van der Waals surface area contributed by atoms with Gasteiger partial charge in [0.1, 0.15) is 18.0 Å². The van der Waals surface area contributed by atoms with E-state index in [1.54, 1.807) is 23.4 Å². The normalized spacial score (nSPS) is 18.0. The molecule has 1 aliphatic rings. The Bertz CT molecular complexity index is 671. The number of urea groups is 1. The predicted octanol–water partition coefficient (Wildman–Crippen LogP) is 2.76. The number of nitrogens with one attached hydrogen (secondary N) is 1. The van der Waals surface area contributed by atoms with E-state index in [9.17, 15) is 4.79 Å². The SMILES string of the molecule is CCn1cnnc1C1CCCN(C(=O)Nc2ccc(Cl)cn2)C1. The monoisotopic (exact) mass is 334 g/mol. The molecule has 0 aliphatic carbocycles. The number of amides is 2. The van der Waals surface area contributed by atoms with Crippen molar-refractivity contribution in [2.75, 3.05) is 18.4 Å². The number of halogens is 1. The van der Waals surface area contributed by atoms with Gasteiger partial charge in [-0.1, -0.05) is 11.6 Å². The van der Waals surface area contributed by atoms with Gasteiger partial charge in [0.05, 0.1) is 5.02 Å². The number of carbonyl (C=O) groups is 1. The number of hydrogen-bond acceptors (Lipinski definition) is 4. The zero-order valence-corrected chi connectivity index (χ0v) is 13.7. The van der Waals surface area contributed by atoms with Gasteiger partial charge in [-0.15, -0.1) is 10.2 Å². The molecule has 7 nitrogen and oxygen atoms in total. The number of piperidine rings is 1. The van der Waals surface area contributed by atoms with Crippen molar-refractivity contribution in [3.63, 3.8) is 0 Å². The molecule has 2 aromatic heterocycles. The second kappa shape index (κ2) is 6.95. The number of nitrogens with zero attached hydrogens (tertiary/aromatic N) is 5. The second-order valence-corrected chi connectivity index (χ2v) is 5.99. The Morgan fingerprint density at radius 1 is 1.48 bits per heavy atom. The van der Waals surface area contributed by atoms with Crippen molar-refractivity contribution in [1.82, 2.24) is 24.6 Å². The summed E-state index contributed by atoms with van der Waals surface area (Å²) < 4.78 is 2.03. The smallest absolute Gasteiger partial charge is 0.323 e. The van der Waals surface area contributed by atoms with Crippen LogP contribution in [0.15, 0.2) is 24.7 Å². The summed E-state index contributed by atoms with van der Waals surface area (Å²) >= 11 is 5.80. The van der Waals surface area contributed by atoms with Crippen LogP contribution in [-0.4, -0.2) is 43.8 Å². The lowest BCUT2D eigenvalue weighted by atomic mass is 9.97. The largest absolute Gasteiger partial charge is 0.324 e. The summed E-state index contributed by atoms with van der Waals surface area (Å²) in [6.07, 6.45) is 5.22. The van der Waals surface area contributed by atoms with Gasteiger partial charge in [-0.3, -0.25) is 5.32 Å². The fourth-order valence-electron chi connectivity index (χ4n) is 2.83. The third kappa shape index (κ3) is 3.61. The highest BCUT2D eigenvalue weighted by atomic mass is 35.5. The topological polar surface area (TPSA) is 75.9 Å². The van der Waals surface area contributed by atoms with Crippen molar-refractivity contribution in [3.05, 3.63) is 35.5 Å². The van der Waals surface area contributed by atoms with Crippen LogP contribution in [0.3, 0.4) is 0 Å². The molecule has 2 aromatic rings.